The fourth-order valence-electron chi connectivity index (χ4n) is 3.13. The zero-order valence-corrected chi connectivity index (χ0v) is 12.1. The van der Waals surface area contributed by atoms with E-state index in [0.717, 1.165) is 5.75 Å². The monoisotopic (exact) mass is 292 g/mol. The van der Waals surface area contributed by atoms with E-state index in [1.165, 1.54) is 0 Å². The van der Waals surface area contributed by atoms with Crippen LogP contribution >= 0.6 is 0 Å². The SMILES string of the molecule is COc1ccc([C@H](O)[C@@H]2CC3(CCC2=O)OCCO3)cc1. The molecule has 21 heavy (non-hydrogen) atoms. The van der Waals surface area contributed by atoms with Gasteiger partial charge in [0.15, 0.2) is 5.79 Å². The van der Waals surface area contributed by atoms with Crippen molar-refractivity contribution in [3.8, 4) is 5.75 Å². The minimum atomic E-state index is -0.839. The lowest BCUT2D eigenvalue weighted by molar-refractivity contribution is -0.196. The van der Waals surface area contributed by atoms with Crippen LogP contribution in [-0.2, 0) is 14.3 Å². The van der Waals surface area contributed by atoms with Gasteiger partial charge in [0.25, 0.3) is 0 Å². The van der Waals surface area contributed by atoms with Crippen molar-refractivity contribution >= 4 is 5.78 Å². The number of carbonyl (C=O) groups excluding carboxylic acids is 1. The van der Waals surface area contributed by atoms with Crippen molar-refractivity contribution in [2.24, 2.45) is 5.92 Å². The lowest BCUT2D eigenvalue weighted by Gasteiger charge is -2.37. The second-order valence-corrected chi connectivity index (χ2v) is 5.60. The number of hydrogen-bond donors (Lipinski definition) is 1. The molecular weight excluding hydrogens is 272 g/mol. The Kier molecular flexibility index (Phi) is 3.97. The summed E-state index contributed by atoms with van der Waals surface area (Å²) in [6.45, 7) is 1.11. The summed E-state index contributed by atoms with van der Waals surface area (Å²) >= 11 is 0. The van der Waals surface area contributed by atoms with Gasteiger partial charge >= 0.3 is 0 Å². The molecule has 1 N–H and O–H groups in total. The molecule has 5 heteroatoms. The Balaban J connectivity index is 1.77. The quantitative estimate of drug-likeness (QED) is 0.921. The number of hydrogen-bond acceptors (Lipinski definition) is 5. The first-order valence-corrected chi connectivity index (χ1v) is 7.26. The van der Waals surface area contributed by atoms with E-state index >= 15 is 0 Å². The average Bonchev–Trinajstić information content (AvgIpc) is 2.98. The summed E-state index contributed by atoms with van der Waals surface area (Å²) in [5.41, 5.74) is 0.712. The molecule has 2 fully saturated rings. The third-order valence-corrected chi connectivity index (χ3v) is 4.35. The summed E-state index contributed by atoms with van der Waals surface area (Å²) in [6.07, 6.45) is 0.544. The van der Waals surface area contributed by atoms with Gasteiger partial charge in [-0.3, -0.25) is 4.79 Å². The van der Waals surface area contributed by atoms with Crippen molar-refractivity contribution in [2.75, 3.05) is 20.3 Å². The molecule has 2 aliphatic rings. The van der Waals surface area contributed by atoms with Crippen molar-refractivity contribution in [2.45, 2.75) is 31.2 Å². The van der Waals surface area contributed by atoms with E-state index < -0.39 is 17.8 Å². The van der Waals surface area contributed by atoms with Crippen molar-refractivity contribution in [1.29, 1.82) is 0 Å². The van der Waals surface area contributed by atoms with Gasteiger partial charge in [-0.15, -0.1) is 0 Å². The summed E-state index contributed by atoms with van der Waals surface area (Å²) in [7, 11) is 1.59. The lowest BCUT2D eigenvalue weighted by Crippen LogP contribution is -2.42. The number of ketones is 1. The normalized spacial score (nSPS) is 26.0. The molecule has 5 nitrogen and oxygen atoms in total. The predicted octanol–water partition coefficient (Wildman–Crippen LogP) is 1.84. The zero-order chi connectivity index (χ0) is 14.9. The summed E-state index contributed by atoms with van der Waals surface area (Å²) in [4.78, 5) is 12.2. The molecule has 3 rings (SSSR count). The van der Waals surface area contributed by atoms with Gasteiger partial charge in [-0.25, -0.2) is 0 Å². The van der Waals surface area contributed by atoms with Crippen LogP contribution in [0.15, 0.2) is 24.3 Å². The van der Waals surface area contributed by atoms with Crippen LogP contribution in [0.4, 0.5) is 0 Å². The van der Waals surface area contributed by atoms with Crippen LogP contribution in [0.2, 0.25) is 0 Å². The molecule has 1 aromatic rings. The van der Waals surface area contributed by atoms with E-state index in [-0.39, 0.29) is 5.78 Å². The minimum absolute atomic E-state index is 0.0723. The van der Waals surface area contributed by atoms with Crippen molar-refractivity contribution in [3.63, 3.8) is 0 Å². The first-order valence-electron chi connectivity index (χ1n) is 7.26. The molecule has 114 valence electrons. The van der Waals surface area contributed by atoms with E-state index in [1.807, 2.05) is 0 Å². The highest BCUT2D eigenvalue weighted by Gasteiger charge is 2.47. The molecule has 0 bridgehead atoms. The smallest absolute Gasteiger partial charge is 0.169 e. The first-order chi connectivity index (χ1) is 10.1. The number of benzene rings is 1. The molecule has 0 unspecified atom stereocenters. The number of methoxy groups -OCH3 is 1. The topological polar surface area (TPSA) is 65.0 Å². The fourth-order valence-corrected chi connectivity index (χ4v) is 3.13. The van der Waals surface area contributed by atoms with Crippen LogP contribution < -0.4 is 4.74 Å². The molecule has 1 aromatic carbocycles. The standard InChI is InChI=1S/C16H20O5/c1-19-12-4-2-11(3-5-12)15(18)13-10-16(7-6-14(13)17)20-8-9-21-16/h2-5,13,15,18H,6-10H2,1H3/t13-,15+/m1/s1. The van der Waals surface area contributed by atoms with Gasteiger partial charge in [-0.2, -0.15) is 0 Å². The summed E-state index contributed by atoms with van der Waals surface area (Å²) in [5, 5.41) is 10.6. The van der Waals surface area contributed by atoms with Crippen LogP contribution in [0.1, 0.15) is 30.9 Å². The molecule has 1 aliphatic carbocycles. The Morgan fingerprint density at radius 1 is 1.29 bits per heavy atom. The van der Waals surface area contributed by atoms with Gasteiger partial charge in [0.05, 0.1) is 32.3 Å². The van der Waals surface area contributed by atoms with E-state index in [1.54, 1.807) is 31.4 Å². The zero-order valence-electron chi connectivity index (χ0n) is 12.1. The predicted molar refractivity (Wildman–Crippen MR) is 74.9 cm³/mol. The highest BCUT2D eigenvalue weighted by atomic mass is 16.7. The third-order valence-electron chi connectivity index (χ3n) is 4.35. The summed E-state index contributed by atoms with van der Waals surface area (Å²) < 4.78 is 16.5. The fraction of sp³-hybridized carbons (Fsp3) is 0.562. The minimum Gasteiger partial charge on any atom is -0.497 e. The Morgan fingerprint density at radius 3 is 2.57 bits per heavy atom. The summed E-state index contributed by atoms with van der Waals surface area (Å²) in [6, 6.07) is 7.14. The Bertz CT molecular complexity index is 504. The highest BCUT2D eigenvalue weighted by molar-refractivity contribution is 5.82. The average molecular weight is 292 g/mol. The third kappa shape index (κ3) is 2.81. The molecule has 1 aliphatic heterocycles. The number of aliphatic hydroxyl groups excluding tert-OH is 1. The second kappa shape index (κ2) is 5.75. The van der Waals surface area contributed by atoms with Gasteiger partial charge in [0, 0.05) is 19.3 Å². The number of Topliss-reactive ketones (excluding diaryl/α,β-unsaturated/α-hetero) is 1. The Labute approximate surface area is 123 Å². The van der Waals surface area contributed by atoms with E-state index in [0.29, 0.717) is 38.0 Å². The van der Waals surface area contributed by atoms with Gasteiger partial charge in [-0.05, 0) is 17.7 Å². The van der Waals surface area contributed by atoms with Crippen LogP contribution in [0.5, 0.6) is 5.75 Å². The van der Waals surface area contributed by atoms with Crippen LogP contribution in [0.25, 0.3) is 0 Å². The maximum atomic E-state index is 12.2. The number of aliphatic hydroxyl groups is 1. The van der Waals surface area contributed by atoms with Gasteiger partial charge in [-0.1, -0.05) is 12.1 Å². The molecule has 0 amide bonds. The van der Waals surface area contributed by atoms with E-state index in [9.17, 15) is 9.90 Å². The van der Waals surface area contributed by atoms with Crippen LogP contribution in [0.3, 0.4) is 0 Å². The van der Waals surface area contributed by atoms with E-state index in [2.05, 4.69) is 0 Å². The number of rotatable bonds is 3. The number of ether oxygens (including phenoxy) is 3. The second-order valence-electron chi connectivity index (χ2n) is 5.60. The lowest BCUT2D eigenvalue weighted by atomic mass is 9.78. The highest BCUT2D eigenvalue weighted by Crippen LogP contribution is 2.41. The van der Waals surface area contributed by atoms with Crippen molar-refractivity contribution in [1.82, 2.24) is 0 Å². The van der Waals surface area contributed by atoms with Crippen LogP contribution in [-0.4, -0.2) is 37.0 Å². The van der Waals surface area contributed by atoms with Gasteiger partial charge in [0.2, 0.25) is 0 Å². The van der Waals surface area contributed by atoms with Gasteiger partial charge < -0.3 is 19.3 Å². The van der Waals surface area contributed by atoms with Crippen LogP contribution in [0, 0.1) is 5.92 Å². The molecule has 0 aromatic heterocycles. The maximum Gasteiger partial charge on any atom is 0.169 e. The van der Waals surface area contributed by atoms with E-state index in [4.69, 9.17) is 14.2 Å². The molecule has 1 spiro atoms. The van der Waals surface area contributed by atoms with Crippen molar-refractivity contribution < 1.29 is 24.1 Å². The van der Waals surface area contributed by atoms with Crippen molar-refractivity contribution in [3.05, 3.63) is 29.8 Å². The molecular formula is C16H20O5. The molecule has 2 atom stereocenters. The molecule has 1 heterocycles. The summed E-state index contributed by atoms with van der Waals surface area (Å²) in [5.74, 6) is -0.361. The Hall–Kier alpha value is -1.43. The maximum absolute atomic E-state index is 12.2. The first kappa shape index (κ1) is 14.5. The Morgan fingerprint density at radius 2 is 1.95 bits per heavy atom. The molecule has 1 saturated heterocycles. The largest absolute Gasteiger partial charge is 0.497 e. The number of carbonyl (C=O) groups is 1. The van der Waals surface area contributed by atoms with Gasteiger partial charge in [0.1, 0.15) is 11.5 Å². The molecule has 0 radical (unpaired) electrons. The molecule has 1 saturated carbocycles.